The molecule has 8 heteroatoms. The van der Waals surface area contributed by atoms with Crippen LogP contribution < -0.4 is 9.62 Å². The number of anilines is 1. The first-order chi connectivity index (χ1) is 16.0. The fourth-order valence-corrected chi connectivity index (χ4v) is 4.64. The third-order valence-electron chi connectivity index (χ3n) is 6.11. The zero-order chi connectivity index (χ0) is 25.5. The molecule has 0 aliphatic rings. The molecule has 2 atom stereocenters. The first-order valence-corrected chi connectivity index (χ1v) is 13.5. The van der Waals surface area contributed by atoms with Crippen molar-refractivity contribution in [2.75, 3.05) is 17.1 Å². The Bertz CT molecular complexity index is 1090. The number of hydrogen-bond donors (Lipinski definition) is 1. The topological polar surface area (TPSA) is 86.8 Å². The first-order valence-electron chi connectivity index (χ1n) is 11.7. The Morgan fingerprint density at radius 2 is 1.62 bits per heavy atom. The molecule has 0 aliphatic heterocycles. The van der Waals surface area contributed by atoms with Crippen LogP contribution in [0.25, 0.3) is 0 Å². The summed E-state index contributed by atoms with van der Waals surface area (Å²) in [6, 6.07) is 14.0. The van der Waals surface area contributed by atoms with Gasteiger partial charge in [-0.1, -0.05) is 56.3 Å². The van der Waals surface area contributed by atoms with Crippen molar-refractivity contribution in [2.24, 2.45) is 0 Å². The van der Waals surface area contributed by atoms with Crippen LogP contribution in [0.4, 0.5) is 5.69 Å². The zero-order valence-electron chi connectivity index (χ0n) is 21.0. The number of sulfonamides is 1. The third-order valence-corrected chi connectivity index (χ3v) is 7.23. The Morgan fingerprint density at radius 3 is 2.18 bits per heavy atom. The van der Waals surface area contributed by atoms with Crippen LogP contribution in [0.3, 0.4) is 0 Å². The Labute approximate surface area is 204 Å². The van der Waals surface area contributed by atoms with E-state index < -0.39 is 22.0 Å². The Hall–Kier alpha value is -2.87. The van der Waals surface area contributed by atoms with Crippen molar-refractivity contribution >= 4 is 27.5 Å². The van der Waals surface area contributed by atoms with Crippen LogP contribution in [-0.2, 0) is 26.2 Å². The number of nitrogens with zero attached hydrogens (tertiary/aromatic N) is 2. The summed E-state index contributed by atoms with van der Waals surface area (Å²) in [5.41, 5.74) is 3.05. The lowest BCUT2D eigenvalue weighted by atomic mass is 10.1. The van der Waals surface area contributed by atoms with Crippen molar-refractivity contribution in [2.45, 2.75) is 66.1 Å². The van der Waals surface area contributed by atoms with Crippen molar-refractivity contribution in [3.63, 3.8) is 0 Å². The van der Waals surface area contributed by atoms with E-state index in [1.165, 1.54) is 4.90 Å². The lowest BCUT2D eigenvalue weighted by molar-refractivity contribution is -0.140. The maximum atomic E-state index is 13.7. The van der Waals surface area contributed by atoms with Gasteiger partial charge in [-0.3, -0.25) is 13.9 Å². The summed E-state index contributed by atoms with van der Waals surface area (Å²) in [7, 11) is -3.75. The predicted molar refractivity (Wildman–Crippen MR) is 137 cm³/mol. The first kappa shape index (κ1) is 27.4. The summed E-state index contributed by atoms with van der Waals surface area (Å²) in [5.74, 6) is -0.667. The highest BCUT2D eigenvalue weighted by molar-refractivity contribution is 7.92. The maximum absolute atomic E-state index is 13.7. The van der Waals surface area contributed by atoms with E-state index in [9.17, 15) is 18.0 Å². The maximum Gasteiger partial charge on any atom is 0.244 e. The number of hydrogen-bond acceptors (Lipinski definition) is 4. The molecule has 0 heterocycles. The van der Waals surface area contributed by atoms with Gasteiger partial charge in [-0.15, -0.1) is 0 Å². The van der Waals surface area contributed by atoms with Gasteiger partial charge >= 0.3 is 0 Å². The molecule has 0 aliphatic carbocycles. The second-order valence-corrected chi connectivity index (χ2v) is 10.6. The molecule has 0 radical (unpaired) electrons. The van der Waals surface area contributed by atoms with Crippen LogP contribution >= 0.6 is 0 Å². The van der Waals surface area contributed by atoms with E-state index in [-0.39, 0.29) is 25.0 Å². The largest absolute Gasteiger partial charge is 0.352 e. The average molecular weight is 488 g/mol. The molecular formula is C26H37N3O4S. The Morgan fingerprint density at radius 1 is 0.971 bits per heavy atom. The van der Waals surface area contributed by atoms with Crippen LogP contribution in [0.1, 0.15) is 50.3 Å². The molecule has 0 fully saturated rings. The van der Waals surface area contributed by atoms with Crippen LogP contribution in [0.5, 0.6) is 0 Å². The minimum Gasteiger partial charge on any atom is -0.352 e. The molecule has 186 valence electrons. The number of benzene rings is 2. The molecule has 2 amide bonds. The molecule has 0 spiro atoms. The number of amides is 2. The van der Waals surface area contributed by atoms with E-state index in [1.54, 1.807) is 12.1 Å². The molecule has 7 nitrogen and oxygen atoms in total. The van der Waals surface area contributed by atoms with Gasteiger partial charge in [0, 0.05) is 12.6 Å². The monoisotopic (exact) mass is 487 g/mol. The van der Waals surface area contributed by atoms with Crippen LogP contribution in [0.2, 0.25) is 0 Å². The summed E-state index contributed by atoms with van der Waals surface area (Å²) < 4.78 is 26.6. The molecule has 1 N–H and O–H groups in total. The Balaban J connectivity index is 2.46. The van der Waals surface area contributed by atoms with E-state index in [4.69, 9.17) is 0 Å². The van der Waals surface area contributed by atoms with Crippen molar-refractivity contribution in [1.29, 1.82) is 0 Å². The van der Waals surface area contributed by atoms with Gasteiger partial charge in [0.1, 0.15) is 12.6 Å². The molecule has 0 bridgehead atoms. The van der Waals surface area contributed by atoms with E-state index in [0.717, 1.165) is 33.7 Å². The van der Waals surface area contributed by atoms with Crippen molar-refractivity contribution in [1.82, 2.24) is 10.2 Å². The third kappa shape index (κ3) is 7.06. The minimum atomic E-state index is -3.75. The van der Waals surface area contributed by atoms with E-state index in [2.05, 4.69) is 5.32 Å². The van der Waals surface area contributed by atoms with Crippen LogP contribution in [0, 0.1) is 13.8 Å². The van der Waals surface area contributed by atoms with Crippen LogP contribution in [-0.4, -0.2) is 50.0 Å². The Kier molecular flexibility index (Phi) is 9.67. The number of carbonyl (C=O) groups excluding carboxylic acids is 2. The summed E-state index contributed by atoms with van der Waals surface area (Å²) in [5, 5.41) is 2.97. The van der Waals surface area contributed by atoms with Gasteiger partial charge in [-0.2, -0.15) is 0 Å². The van der Waals surface area contributed by atoms with Gasteiger partial charge in [0.15, 0.2) is 0 Å². The number of rotatable bonds is 11. The fourth-order valence-electron chi connectivity index (χ4n) is 3.74. The summed E-state index contributed by atoms with van der Waals surface area (Å²) in [6.45, 7) is 9.30. The normalized spacial score (nSPS) is 13.1. The van der Waals surface area contributed by atoms with Gasteiger partial charge in [0.05, 0.1) is 11.9 Å². The van der Waals surface area contributed by atoms with Gasteiger partial charge in [0.25, 0.3) is 0 Å². The lowest BCUT2D eigenvalue weighted by Crippen LogP contribution is -2.53. The summed E-state index contributed by atoms with van der Waals surface area (Å²) in [4.78, 5) is 28.3. The summed E-state index contributed by atoms with van der Waals surface area (Å²) in [6.07, 6.45) is 2.27. The van der Waals surface area contributed by atoms with Gasteiger partial charge in [0.2, 0.25) is 21.8 Å². The second kappa shape index (κ2) is 12.0. The molecule has 34 heavy (non-hydrogen) atoms. The van der Waals surface area contributed by atoms with Crippen molar-refractivity contribution in [3.05, 3.63) is 65.2 Å². The fraction of sp³-hybridized carbons (Fsp3) is 0.462. The molecule has 2 rings (SSSR count). The highest BCUT2D eigenvalue weighted by atomic mass is 32.2. The highest BCUT2D eigenvalue weighted by Gasteiger charge is 2.32. The molecular weight excluding hydrogens is 450 g/mol. The molecule has 0 unspecified atom stereocenters. The SMILES string of the molecule is CC[C@@H](C)NC(=O)[C@@H](CC)N(Cc1ccccc1)C(=O)CN(c1cccc(C)c1C)S(C)(=O)=O. The lowest BCUT2D eigenvalue weighted by Gasteiger charge is -2.33. The van der Waals surface area contributed by atoms with E-state index >= 15 is 0 Å². The number of carbonyl (C=O) groups is 2. The number of aryl methyl sites for hydroxylation is 1. The van der Waals surface area contributed by atoms with Gasteiger partial charge in [-0.05, 0) is 56.4 Å². The molecule has 0 saturated carbocycles. The second-order valence-electron chi connectivity index (χ2n) is 8.74. The minimum absolute atomic E-state index is 0.0299. The average Bonchev–Trinajstić information content (AvgIpc) is 2.79. The van der Waals surface area contributed by atoms with Gasteiger partial charge < -0.3 is 10.2 Å². The van der Waals surface area contributed by atoms with Crippen molar-refractivity contribution < 1.29 is 18.0 Å². The summed E-state index contributed by atoms with van der Waals surface area (Å²) >= 11 is 0. The van der Waals surface area contributed by atoms with E-state index in [0.29, 0.717) is 12.1 Å². The molecule has 2 aromatic carbocycles. The zero-order valence-corrected chi connectivity index (χ0v) is 21.9. The smallest absolute Gasteiger partial charge is 0.244 e. The standard InChI is InChI=1S/C26H37N3O4S/c1-7-20(4)27-26(31)23(8-2)28(17-22-14-10-9-11-15-22)25(30)18-29(34(6,32)33)24-16-12-13-19(3)21(24)5/h9-16,20,23H,7-8,17-18H2,1-6H3,(H,27,31)/t20-,23-/m1/s1. The predicted octanol–water partition coefficient (Wildman–Crippen LogP) is 3.79. The van der Waals surface area contributed by atoms with Crippen molar-refractivity contribution in [3.8, 4) is 0 Å². The van der Waals surface area contributed by atoms with Crippen LogP contribution in [0.15, 0.2) is 48.5 Å². The van der Waals surface area contributed by atoms with E-state index in [1.807, 2.05) is 71.0 Å². The molecule has 0 saturated heterocycles. The quantitative estimate of drug-likeness (QED) is 0.522. The number of nitrogens with one attached hydrogen (secondary N) is 1. The molecule has 0 aromatic heterocycles. The van der Waals surface area contributed by atoms with Gasteiger partial charge in [-0.25, -0.2) is 8.42 Å². The molecule has 2 aromatic rings. The highest BCUT2D eigenvalue weighted by Crippen LogP contribution is 2.25.